The van der Waals surface area contributed by atoms with Gasteiger partial charge in [0.1, 0.15) is 6.07 Å². The summed E-state index contributed by atoms with van der Waals surface area (Å²) in [6.45, 7) is 5.54. The lowest BCUT2D eigenvalue weighted by Gasteiger charge is -2.05. The van der Waals surface area contributed by atoms with Gasteiger partial charge >= 0.3 is 5.97 Å². The van der Waals surface area contributed by atoms with Crippen molar-refractivity contribution in [3.8, 4) is 6.07 Å². The second kappa shape index (κ2) is 4.53. The van der Waals surface area contributed by atoms with Crippen LogP contribution in [0.15, 0.2) is 18.2 Å². The van der Waals surface area contributed by atoms with Crippen molar-refractivity contribution in [2.24, 2.45) is 0 Å². The van der Waals surface area contributed by atoms with Crippen LogP contribution < -0.4 is 0 Å². The summed E-state index contributed by atoms with van der Waals surface area (Å²) in [6, 6.07) is 7.21. The smallest absolute Gasteiger partial charge is 0.339 e. The number of aromatic amines is 1. The van der Waals surface area contributed by atoms with Gasteiger partial charge in [0.05, 0.1) is 5.56 Å². The van der Waals surface area contributed by atoms with Crippen molar-refractivity contribution in [1.82, 2.24) is 4.98 Å². The van der Waals surface area contributed by atoms with E-state index in [4.69, 9.17) is 10.00 Å². The normalized spacial score (nSPS) is 12.1. The summed E-state index contributed by atoms with van der Waals surface area (Å²) in [5, 5.41) is 9.62. The van der Waals surface area contributed by atoms with Crippen molar-refractivity contribution in [3.63, 3.8) is 0 Å². The fourth-order valence-corrected chi connectivity index (χ4v) is 1.84. The second-order valence-corrected chi connectivity index (χ2v) is 4.31. The third-order valence-electron chi connectivity index (χ3n) is 3.01. The Labute approximate surface area is 105 Å². The highest BCUT2D eigenvalue weighted by molar-refractivity contribution is 5.96. The van der Waals surface area contributed by atoms with E-state index in [0.29, 0.717) is 5.56 Å². The third-order valence-corrected chi connectivity index (χ3v) is 3.01. The Morgan fingerprint density at radius 3 is 2.83 bits per heavy atom. The van der Waals surface area contributed by atoms with Crippen LogP contribution in [0.4, 0.5) is 0 Å². The maximum Gasteiger partial charge on any atom is 0.339 e. The van der Waals surface area contributed by atoms with Gasteiger partial charge in [-0.15, -0.1) is 0 Å². The summed E-state index contributed by atoms with van der Waals surface area (Å²) in [5.41, 5.74) is 3.66. The zero-order chi connectivity index (χ0) is 13.3. The average Bonchev–Trinajstić information content (AvgIpc) is 2.64. The number of H-pyrrole nitrogens is 1. The van der Waals surface area contributed by atoms with E-state index in [-0.39, 0.29) is 0 Å². The molecule has 0 aliphatic rings. The van der Waals surface area contributed by atoms with Crippen molar-refractivity contribution in [2.45, 2.75) is 26.9 Å². The number of benzene rings is 1. The Morgan fingerprint density at radius 2 is 2.17 bits per heavy atom. The lowest BCUT2D eigenvalue weighted by Crippen LogP contribution is -2.12. The van der Waals surface area contributed by atoms with E-state index in [1.807, 2.05) is 26.0 Å². The number of nitrogens with one attached hydrogen (secondary N) is 1. The molecule has 1 aromatic heterocycles. The molecule has 2 rings (SSSR count). The molecule has 18 heavy (non-hydrogen) atoms. The first-order valence-electron chi connectivity index (χ1n) is 5.72. The van der Waals surface area contributed by atoms with Crippen molar-refractivity contribution in [1.29, 1.82) is 5.26 Å². The fourth-order valence-electron chi connectivity index (χ4n) is 1.84. The number of rotatable bonds is 2. The molecule has 0 fully saturated rings. The molecule has 2 aromatic rings. The molecule has 0 radical (unpaired) electrons. The summed E-state index contributed by atoms with van der Waals surface area (Å²) in [4.78, 5) is 15.0. The Kier molecular flexibility index (Phi) is 3.07. The molecule has 0 bridgehead atoms. The van der Waals surface area contributed by atoms with Crippen LogP contribution in [-0.4, -0.2) is 17.1 Å². The van der Waals surface area contributed by atoms with Crippen molar-refractivity contribution < 1.29 is 9.53 Å². The molecular formula is C14H14N2O2. The number of carbonyl (C=O) groups excluding carboxylic acids is 1. The summed E-state index contributed by atoms with van der Waals surface area (Å²) in [7, 11) is 0. The summed E-state index contributed by atoms with van der Waals surface area (Å²) in [5.74, 6) is -0.468. The number of hydrogen-bond acceptors (Lipinski definition) is 3. The molecule has 0 spiro atoms. The highest BCUT2D eigenvalue weighted by Crippen LogP contribution is 2.22. The summed E-state index contributed by atoms with van der Waals surface area (Å²) >= 11 is 0. The third kappa shape index (κ3) is 2.07. The molecule has 0 aliphatic heterocycles. The standard InChI is InChI=1S/C14H14N2O2/c1-8(7-15)18-14(17)11-4-5-13-12(6-11)9(2)10(3)16-13/h4-6,8,16H,1-3H3/t8-/m0/s1. The van der Waals surface area contributed by atoms with Crippen LogP contribution in [0.1, 0.15) is 28.5 Å². The van der Waals surface area contributed by atoms with Gasteiger partial charge in [-0.25, -0.2) is 4.79 Å². The molecule has 4 heteroatoms. The quantitative estimate of drug-likeness (QED) is 0.823. The number of fused-ring (bicyclic) bond motifs is 1. The SMILES string of the molecule is Cc1[nH]c2ccc(C(=O)O[C@@H](C)C#N)cc2c1C. The molecule has 1 N–H and O–H groups in total. The van der Waals surface area contributed by atoms with E-state index >= 15 is 0 Å². The van der Waals surface area contributed by atoms with Gasteiger partial charge in [-0.1, -0.05) is 0 Å². The predicted octanol–water partition coefficient (Wildman–Crippen LogP) is 2.85. The van der Waals surface area contributed by atoms with E-state index < -0.39 is 12.1 Å². The first kappa shape index (κ1) is 12.2. The second-order valence-electron chi connectivity index (χ2n) is 4.31. The number of carbonyl (C=O) groups is 1. The molecule has 1 atom stereocenters. The van der Waals surface area contributed by atoms with Crippen molar-refractivity contribution in [3.05, 3.63) is 35.0 Å². The predicted molar refractivity (Wildman–Crippen MR) is 68.3 cm³/mol. The molecule has 1 heterocycles. The van der Waals surface area contributed by atoms with E-state index in [9.17, 15) is 4.79 Å². The zero-order valence-electron chi connectivity index (χ0n) is 10.6. The van der Waals surface area contributed by atoms with Crippen LogP contribution in [0.3, 0.4) is 0 Å². The Morgan fingerprint density at radius 1 is 1.44 bits per heavy atom. The monoisotopic (exact) mass is 242 g/mol. The number of ether oxygens (including phenoxy) is 1. The van der Waals surface area contributed by atoms with Crippen LogP contribution in [-0.2, 0) is 4.74 Å². The Hall–Kier alpha value is -2.28. The molecule has 92 valence electrons. The maximum atomic E-state index is 11.8. The van der Waals surface area contributed by atoms with Crippen LogP contribution >= 0.6 is 0 Å². The average molecular weight is 242 g/mol. The van der Waals surface area contributed by atoms with Crippen LogP contribution in [0.2, 0.25) is 0 Å². The summed E-state index contributed by atoms with van der Waals surface area (Å²) in [6.07, 6.45) is -0.734. The van der Waals surface area contributed by atoms with Crippen LogP contribution in [0.5, 0.6) is 0 Å². The van der Waals surface area contributed by atoms with E-state index in [0.717, 1.165) is 22.2 Å². The molecular weight excluding hydrogens is 228 g/mol. The fraction of sp³-hybridized carbons (Fsp3) is 0.286. The highest BCUT2D eigenvalue weighted by atomic mass is 16.5. The first-order valence-corrected chi connectivity index (χ1v) is 5.72. The lowest BCUT2D eigenvalue weighted by atomic mass is 10.1. The molecule has 0 aliphatic carbocycles. The van der Waals surface area contributed by atoms with Crippen LogP contribution in [0, 0.1) is 25.2 Å². The van der Waals surface area contributed by atoms with Crippen molar-refractivity contribution in [2.75, 3.05) is 0 Å². The number of nitriles is 1. The van der Waals surface area contributed by atoms with Gasteiger partial charge in [-0.05, 0) is 44.5 Å². The van der Waals surface area contributed by atoms with Gasteiger partial charge in [0, 0.05) is 16.6 Å². The minimum absolute atomic E-state index is 0.465. The van der Waals surface area contributed by atoms with Gasteiger partial charge < -0.3 is 9.72 Å². The molecule has 4 nitrogen and oxygen atoms in total. The first-order chi connectivity index (χ1) is 8.52. The van der Waals surface area contributed by atoms with E-state index in [2.05, 4.69) is 4.98 Å². The topological polar surface area (TPSA) is 65.9 Å². The molecule has 0 saturated carbocycles. The van der Waals surface area contributed by atoms with E-state index in [1.54, 1.807) is 19.1 Å². The minimum Gasteiger partial charge on any atom is -0.444 e. The van der Waals surface area contributed by atoms with Gasteiger partial charge in [0.15, 0.2) is 6.10 Å². The minimum atomic E-state index is -0.734. The number of aromatic nitrogens is 1. The maximum absolute atomic E-state index is 11.8. The number of esters is 1. The zero-order valence-corrected chi connectivity index (χ0v) is 10.6. The number of aryl methyl sites for hydroxylation is 2. The van der Waals surface area contributed by atoms with Gasteiger partial charge in [-0.2, -0.15) is 5.26 Å². The molecule has 0 unspecified atom stereocenters. The molecule has 0 amide bonds. The van der Waals surface area contributed by atoms with Gasteiger partial charge in [0.25, 0.3) is 0 Å². The largest absolute Gasteiger partial charge is 0.444 e. The number of hydrogen-bond donors (Lipinski definition) is 1. The Bertz CT molecular complexity index is 650. The lowest BCUT2D eigenvalue weighted by molar-refractivity contribution is 0.0435. The molecule has 1 aromatic carbocycles. The van der Waals surface area contributed by atoms with E-state index in [1.165, 1.54) is 0 Å². The highest BCUT2D eigenvalue weighted by Gasteiger charge is 2.13. The van der Waals surface area contributed by atoms with Gasteiger partial charge in [-0.3, -0.25) is 0 Å². The van der Waals surface area contributed by atoms with Crippen molar-refractivity contribution >= 4 is 16.9 Å². The number of nitrogens with zero attached hydrogens (tertiary/aromatic N) is 1. The Balaban J connectivity index is 2.38. The summed E-state index contributed by atoms with van der Waals surface area (Å²) < 4.78 is 4.97. The van der Waals surface area contributed by atoms with Crippen LogP contribution in [0.25, 0.3) is 10.9 Å². The van der Waals surface area contributed by atoms with Gasteiger partial charge in [0.2, 0.25) is 0 Å². The molecule has 0 saturated heterocycles.